The molecule has 0 saturated carbocycles. The number of nitrogens with one attached hydrogen (secondary N) is 1. The number of carbonyl (C=O) groups excluding carboxylic acids is 1. The molecule has 3 aromatic heterocycles. The molecule has 3 unspecified atom stereocenters. The molecule has 158 valence electrons. The van der Waals surface area contributed by atoms with E-state index < -0.39 is 18.4 Å². The van der Waals surface area contributed by atoms with Crippen LogP contribution in [0.5, 0.6) is 0 Å². The first kappa shape index (κ1) is 21.0. The van der Waals surface area contributed by atoms with Crippen molar-refractivity contribution in [3.63, 3.8) is 0 Å². The van der Waals surface area contributed by atoms with Gasteiger partial charge in [0, 0.05) is 24.8 Å². The Morgan fingerprint density at radius 3 is 2.97 bits per heavy atom. The monoisotopic (exact) mass is 448 g/mol. The topological polar surface area (TPSA) is 135 Å². The summed E-state index contributed by atoms with van der Waals surface area (Å²) in [5, 5.41) is 22.9. The molecule has 0 bridgehead atoms. The van der Waals surface area contributed by atoms with Crippen LogP contribution in [-0.4, -0.2) is 65.2 Å². The average molecular weight is 449 g/mol. The quantitative estimate of drug-likeness (QED) is 0.345. The van der Waals surface area contributed by atoms with Gasteiger partial charge in [-0.2, -0.15) is 0 Å². The van der Waals surface area contributed by atoms with Crippen LogP contribution in [0.15, 0.2) is 42.1 Å². The normalized spacial score (nSPS) is 21.2. The van der Waals surface area contributed by atoms with Crippen molar-refractivity contribution >= 4 is 44.5 Å². The third-order valence-electron chi connectivity index (χ3n) is 4.51. The standard InChI is InChI=1S/C18H20N6O4S2/c25-8-12-11(26)7-15(28-12)24-10-22-16-17(20-9-21-18(16)24)23-13(27)4-6-29-30-14-3-1-2-5-19-14/h1-3,5,9-12,15,25-26H,4,6-8H2,(H,20,21,23,27). The predicted molar refractivity (Wildman–Crippen MR) is 113 cm³/mol. The van der Waals surface area contributed by atoms with Crippen LogP contribution in [0, 0.1) is 0 Å². The number of anilines is 1. The van der Waals surface area contributed by atoms with E-state index in [0.717, 1.165) is 5.03 Å². The number of carbonyl (C=O) groups is 1. The number of hydrogen-bond donors (Lipinski definition) is 3. The molecule has 3 aromatic rings. The third kappa shape index (κ3) is 4.73. The van der Waals surface area contributed by atoms with Crippen molar-refractivity contribution in [2.75, 3.05) is 17.7 Å². The van der Waals surface area contributed by atoms with Crippen LogP contribution < -0.4 is 5.32 Å². The number of fused-ring (bicyclic) bond motifs is 1. The Hall–Kier alpha value is -2.25. The first-order chi connectivity index (χ1) is 14.7. The number of aliphatic hydroxyl groups is 2. The molecule has 3 atom stereocenters. The molecule has 1 saturated heterocycles. The van der Waals surface area contributed by atoms with Gasteiger partial charge in [-0.25, -0.2) is 19.9 Å². The maximum atomic E-state index is 12.3. The van der Waals surface area contributed by atoms with E-state index in [4.69, 9.17) is 4.74 Å². The minimum atomic E-state index is -0.764. The predicted octanol–water partition coefficient (Wildman–Crippen LogP) is 1.63. The van der Waals surface area contributed by atoms with Gasteiger partial charge in [-0.15, -0.1) is 0 Å². The summed E-state index contributed by atoms with van der Waals surface area (Å²) in [7, 11) is 3.08. The molecule has 30 heavy (non-hydrogen) atoms. The minimum Gasteiger partial charge on any atom is -0.394 e. The molecule has 4 heterocycles. The van der Waals surface area contributed by atoms with Gasteiger partial charge in [-0.3, -0.25) is 9.36 Å². The van der Waals surface area contributed by atoms with Gasteiger partial charge in [-0.05, 0) is 22.9 Å². The molecule has 1 aliphatic rings. The first-order valence-electron chi connectivity index (χ1n) is 9.28. The van der Waals surface area contributed by atoms with E-state index in [9.17, 15) is 15.0 Å². The molecule has 0 radical (unpaired) electrons. The van der Waals surface area contributed by atoms with Crippen molar-refractivity contribution in [1.29, 1.82) is 0 Å². The van der Waals surface area contributed by atoms with Gasteiger partial charge in [0.25, 0.3) is 0 Å². The summed E-state index contributed by atoms with van der Waals surface area (Å²) in [5.41, 5.74) is 0.920. The van der Waals surface area contributed by atoms with Crippen molar-refractivity contribution < 1.29 is 19.7 Å². The fraction of sp³-hybridized carbons (Fsp3) is 0.389. The number of hydrogen-bond acceptors (Lipinski definition) is 10. The Bertz CT molecular complexity index is 1000. The highest BCUT2D eigenvalue weighted by Crippen LogP contribution is 2.32. The molecule has 0 aromatic carbocycles. The zero-order chi connectivity index (χ0) is 20.9. The summed E-state index contributed by atoms with van der Waals surface area (Å²) in [4.78, 5) is 29.2. The lowest BCUT2D eigenvalue weighted by Gasteiger charge is -2.13. The number of aromatic nitrogens is 5. The summed E-state index contributed by atoms with van der Waals surface area (Å²) in [6.07, 6.45) is 3.33. The highest BCUT2D eigenvalue weighted by atomic mass is 33.1. The number of imidazole rings is 1. The van der Waals surface area contributed by atoms with E-state index in [2.05, 4.69) is 25.3 Å². The number of rotatable bonds is 8. The van der Waals surface area contributed by atoms with E-state index in [-0.39, 0.29) is 12.5 Å². The number of ether oxygens (including phenoxy) is 1. The van der Waals surface area contributed by atoms with Gasteiger partial charge in [-0.1, -0.05) is 16.9 Å². The highest BCUT2D eigenvalue weighted by molar-refractivity contribution is 8.76. The van der Waals surface area contributed by atoms with Gasteiger partial charge in [0.2, 0.25) is 5.91 Å². The Morgan fingerprint density at radius 2 is 2.20 bits per heavy atom. The molecule has 0 aliphatic carbocycles. The van der Waals surface area contributed by atoms with Gasteiger partial charge in [0.15, 0.2) is 17.0 Å². The highest BCUT2D eigenvalue weighted by Gasteiger charge is 2.35. The summed E-state index contributed by atoms with van der Waals surface area (Å²) in [6, 6.07) is 5.70. The maximum Gasteiger partial charge on any atom is 0.226 e. The van der Waals surface area contributed by atoms with E-state index in [1.165, 1.54) is 23.4 Å². The van der Waals surface area contributed by atoms with Gasteiger partial charge >= 0.3 is 0 Å². The molecular weight excluding hydrogens is 428 g/mol. The zero-order valence-corrected chi connectivity index (χ0v) is 17.4. The van der Waals surface area contributed by atoms with Crippen molar-refractivity contribution in [1.82, 2.24) is 24.5 Å². The van der Waals surface area contributed by atoms with Crippen LogP contribution in [0.1, 0.15) is 19.1 Å². The van der Waals surface area contributed by atoms with E-state index in [0.29, 0.717) is 35.6 Å². The van der Waals surface area contributed by atoms with Gasteiger partial charge in [0.05, 0.1) is 19.0 Å². The molecule has 0 spiro atoms. The van der Waals surface area contributed by atoms with Crippen molar-refractivity contribution in [2.24, 2.45) is 0 Å². The smallest absolute Gasteiger partial charge is 0.226 e. The summed E-state index contributed by atoms with van der Waals surface area (Å²) in [6.45, 7) is -0.267. The largest absolute Gasteiger partial charge is 0.394 e. The van der Waals surface area contributed by atoms with Gasteiger partial charge < -0.3 is 20.3 Å². The second-order valence-electron chi connectivity index (χ2n) is 6.53. The number of nitrogens with zero attached hydrogens (tertiary/aromatic N) is 5. The van der Waals surface area contributed by atoms with Crippen molar-refractivity contribution in [3.05, 3.63) is 37.1 Å². The zero-order valence-electron chi connectivity index (χ0n) is 15.8. The fourth-order valence-corrected chi connectivity index (χ4v) is 4.90. The average Bonchev–Trinajstić information content (AvgIpc) is 3.35. The molecule has 1 amide bonds. The van der Waals surface area contributed by atoms with E-state index in [1.54, 1.807) is 21.6 Å². The lowest BCUT2D eigenvalue weighted by molar-refractivity contribution is -0.115. The van der Waals surface area contributed by atoms with Crippen LogP contribution in [0.2, 0.25) is 0 Å². The molecule has 4 rings (SSSR count). The summed E-state index contributed by atoms with van der Waals surface area (Å²) >= 11 is 0. The Balaban J connectivity index is 1.36. The van der Waals surface area contributed by atoms with E-state index >= 15 is 0 Å². The molecular formula is C18H20N6O4S2. The number of pyridine rings is 1. The second kappa shape index (κ2) is 9.71. The molecule has 1 aliphatic heterocycles. The van der Waals surface area contributed by atoms with Gasteiger partial charge in [0.1, 0.15) is 23.7 Å². The minimum absolute atomic E-state index is 0.174. The number of aliphatic hydroxyl groups excluding tert-OH is 2. The second-order valence-corrected chi connectivity index (χ2v) is 8.97. The lowest BCUT2D eigenvalue weighted by atomic mass is 10.2. The fourth-order valence-electron chi connectivity index (χ4n) is 3.03. The lowest BCUT2D eigenvalue weighted by Crippen LogP contribution is -2.24. The van der Waals surface area contributed by atoms with Crippen LogP contribution in [0.4, 0.5) is 5.82 Å². The molecule has 3 N–H and O–H groups in total. The van der Waals surface area contributed by atoms with Crippen LogP contribution in [0.25, 0.3) is 11.2 Å². The Kier molecular flexibility index (Phi) is 6.79. The van der Waals surface area contributed by atoms with Crippen molar-refractivity contribution in [2.45, 2.75) is 36.3 Å². The SMILES string of the molecule is O=C(CCSSc1ccccn1)Nc1ncnc2c1ncn2C1CC(O)C(CO)O1. The molecule has 10 nitrogen and oxygen atoms in total. The summed E-state index contributed by atoms with van der Waals surface area (Å²) in [5.74, 6) is 0.765. The van der Waals surface area contributed by atoms with Crippen LogP contribution in [-0.2, 0) is 9.53 Å². The first-order valence-corrected chi connectivity index (χ1v) is 11.6. The maximum absolute atomic E-state index is 12.3. The Labute approximate surface area is 179 Å². The molecule has 1 fully saturated rings. The molecule has 12 heteroatoms. The van der Waals surface area contributed by atoms with Crippen LogP contribution >= 0.6 is 21.6 Å². The number of amides is 1. The van der Waals surface area contributed by atoms with Crippen LogP contribution in [0.3, 0.4) is 0 Å². The van der Waals surface area contributed by atoms with Crippen molar-refractivity contribution in [3.8, 4) is 0 Å². The summed E-state index contributed by atoms with van der Waals surface area (Å²) < 4.78 is 7.33. The van der Waals surface area contributed by atoms with E-state index in [1.807, 2.05) is 18.2 Å². The third-order valence-corrected chi connectivity index (χ3v) is 6.77. The Morgan fingerprint density at radius 1 is 1.30 bits per heavy atom.